The average molecular weight is 224 g/mol. The van der Waals surface area contributed by atoms with E-state index in [0.717, 1.165) is 5.56 Å². The van der Waals surface area contributed by atoms with Crippen molar-refractivity contribution in [2.75, 3.05) is 13.7 Å². The summed E-state index contributed by atoms with van der Waals surface area (Å²) in [6.07, 6.45) is 0. The van der Waals surface area contributed by atoms with Crippen molar-refractivity contribution in [2.24, 2.45) is 0 Å². The highest BCUT2D eigenvalue weighted by Gasteiger charge is 2.35. The SMILES string of the molecule is COC(=O)c1ccc2c(c1F)OCC2(C)C. The molecular formula is C12H13FO3. The fourth-order valence-electron chi connectivity index (χ4n) is 1.83. The van der Waals surface area contributed by atoms with Gasteiger partial charge in [-0.2, -0.15) is 0 Å². The van der Waals surface area contributed by atoms with E-state index >= 15 is 0 Å². The number of carbonyl (C=O) groups excluding carboxylic acids is 1. The van der Waals surface area contributed by atoms with E-state index in [1.165, 1.54) is 13.2 Å². The minimum Gasteiger partial charge on any atom is -0.489 e. The molecule has 1 aliphatic rings. The number of hydrogen-bond donors (Lipinski definition) is 0. The molecule has 4 heteroatoms. The van der Waals surface area contributed by atoms with Gasteiger partial charge in [-0.25, -0.2) is 9.18 Å². The van der Waals surface area contributed by atoms with Crippen LogP contribution in [0.15, 0.2) is 12.1 Å². The van der Waals surface area contributed by atoms with Crippen molar-refractivity contribution in [3.63, 3.8) is 0 Å². The average Bonchev–Trinajstić information content (AvgIpc) is 2.55. The fraction of sp³-hybridized carbons (Fsp3) is 0.417. The molecule has 0 bridgehead atoms. The zero-order valence-corrected chi connectivity index (χ0v) is 9.46. The predicted molar refractivity (Wildman–Crippen MR) is 56.3 cm³/mol. The summed E-state index contributed by atoms with van der Waals surface area (Å²) in [6.45, 7) is 4.36. The van der Waals surface area contributed by atoms with Gasteiger partial charge in [-0.05, 0) is 6.07 Å². The first-order valence-electron chi connectivity index (χ1n) is 5.01. The van der Waals surface area contributed by atoms with E-state index in [-0.39, 0.29) is 16.7 Å². The Kier molecular flexibility index (Phi) is 2.37. The summed E-state index contributed by atoms with van der Waals surface area (Å²) in [5.41, 5.74) is 0.488. The number of esters is 1. The van der Waals surface area contributed by atoms with Gasteiger partial charge in [0.1, 0.15) is 0 Å². The largest absolute Gasteiger partial charge is 0.489 e. The van der Waals surface area contributed by atoms with E-state index < -0.39 is 11.8 Å². The first kappa shape index (κ1) is 10.9. The highest BCUT2D eigenvalue weighted by Crippen LogP contribution is 2.40. The van der Waals surface area contributed by atoms with Crippen LogP contribution in [0.3, 0.4) is 0 Å². The zero-order valence-electron chi connectivity index (χ0n) is 9.46. The first-order valence-corrected chi connectivity index (χ1v) is 5.01. The maximum absolute atomic E-state index is 13.9. The van der Waals surface area contributed by atoms with Crippen LogP contribution in [-0.2, 0) is 10.2 Å². The lowest BCUT2D eigenvalue weighted by Gasteiger charge is -2.14. The van der Waals surface area contributed by atoms with Crippen molar-refractivity contribution in [1.29, 1.82) is 0 Å². The molecule has 0 aliphatic carbocycles. The van der Waals surface area contributed by atoms with Gasteiger partial charge in [0.15, 0.2) is 11.6 Å². The highest BCUT2D eigenvalue weighted by atomic mass is 19.1. The molecule has 0 fully saturated rings. The molecule has 1 aliphatic heterocycles. The van der Waals surface area contributed by atoms with Gasteiger partial charge in [0, 0.05) is 11.0 Å². The number of benzene rings is 1. The van der Waals surface area contributed by atoms with Crippen molar-refractivity contribution in [3.8, 4) is 5.75 Å². The Hall–Kier alpha value is -1.58. The van der Waals surface area contributed by atoms with E-state index in [9.17, 15) is 9.18 Å². The number of fused-ring (bicyclic) bond motifs is 1. The zero-order chi connectivity index (χ0) is 11.9. The fourth-order valence-corrected chi connectivity index (χ4v) is 1.83. The Morgan fingerprint density at radius 2 is 2.19 bits per heavy atom. The first-order chi connectivity index (χ1) is 7.47. The molecule has 0 aromatic heterocycles. The number of carbonyl (C=O) groups is 1. The molecule has 0 atom stereocenters. The standard InChI is InChI=1S/C12H13FO3/c1-12(2)6-16-10-8(12)5-4-7(9(10)13)11(14)15-3/h4-5H,6H2,1-3H3. The van der Waals surface area contributed by atoms with Gasteiger partial charge in [-0.1, -0.05) is 19.9 Å². The number of hydrogen-bond acceptors (Lipinski definition) is 3. The Bertz CT molecular complexity index is 452. The van der Waals surface area contributed by atoms with E-state index in [2.05, 4.69) is 4.74 Å². The quantitative estimate of drug-likeness (QED) is 0.686. The lowest BCUT2D eigenvalue weighted by molar-refractivity contribution is 0.0594. The third-order valence-corrected chi connectivity index (χ3v) is 2.81. The van der Waals surface area contributed by atoms with Crippen molar-refractivity contribution in [2.45, 2.75) is 19.3 Å². The van der Waals surface area contributed by atoms with E-state index in [1.807, 2.05) is 13.8 Å². The van der Waals surface area contributed by atoms with Crippen LogP contribution < -0.4 is 4.74 Å². The molecule has 86 valence electrons. The summed E-state index contributed by atoms with van der Waals surface area (Å²) in [5.74, 6) is -1.14. The molecule has 0 spiro atoms. The molecule has 1 aromatic rings. The topological polar surface area (TPSA) is 35.5 Å². The lowest BCUT2D eigenvalue weighted by atomic mass is 9.86. The summed E-state index contributed by atoms with van der Waals surface area (Å²) in [4.78, 5) is 11.3. The Morgan fingerprint density at radius 3 is 2.81 bits per heavy atom. The van der Waals surface area contributed by atoms with E-state index in [4.69, 9.17) is 4.74 Å². The molecule has 1 aromatic carbocycles. The number of rotatable bonds is 1. The lowest BCUT2D eigenvalue weighted by Crippen LogP contribution is -2.18. The minimum absolute atomic E-state index is 0.0843. The Balaban J connectivity index is 2.55. The van der Waals surface area contributed by atoms with Gasteiger partial charge in [-0.3, -0.25) is 0 Å². The summed E-state index contributed by atoms with van der Waals surface area (Å²) < 4.78 is 23.7. The van der Waals surface area contributed by atoms with Gasteiger partial charge in [-0.15, -0.1) is 0 Å². The van der Waals surface area contributed by atoms with Crippen molar-refractivity contribution >= 4 is 5.97 Å². The Morgan fingerprint density at radius 1 is 1.50 bits per heavy atom. The molecule has 0 saturated carbocycles. The van der Waals surface area contributed by atoms with Gasteiger partial charge in [0.05, 0.1) is 19.3 Å². The van der Waals surface area contributed by atoms with Crippen LogP contribution in [0.5, 0.6) is 5.75 Å². The van der Waals surface area contributed by atoms with Crippen LogP contribution in [0.4, 0.5) is 4.39 Å². The van der Waals surface area contributed by atoms with E-state index in [0.29, 0.717) is 6.61 Å². The van der Waals surface area contributed by atoms with Crippen LogP contribution in [0.25, 0.3) is 0 Å². The molecule has 1 heterocycles. The van der Waals surface area contributed by atoms with Crippen molar-refractivity contribution in [3.05, 3.63) is 29.1 Å². The van der Waals surface area contributed by atoms with Crippen LogP contribution in [-0.4, -0.2) is 19.7 Å². The minimum atomic E-state index is -0.686. The molecule has 3 nitrogen and oxygen atoms in total. The van der Waals surface area contributed by atoms with Gasteiger partial charge < -0.3 is 9.47 Å². The number of halogens is 1. The third kappa shape index (κ3) is 1.45. The summed E-state index contributed by atoms with van der Waals surface area (Å²) in [6, 6.07) is 3.16. The summed E-state index contributed by atoms with van der Waals surface area (Å²) in [7, 11) is 1.22. The van der Waals surface area contributed by atoms with Gasteiger partial charge in [0.25, 0.3) is 0 Å². The van der Waals surface area contributed by atoms with Crippen LogP contribution in [0.2, 0.25) is 0 Å². The monoisotopic (exact) mass is 224 g/mol. The second kappa shape index (κ2) is 3.47. The maximum Gasteiger partial charge on any atom is 0.340 e. The summed E-state index contributed by atoms with van der Waals surface area (Å²) in [5, 5.41) is 0. The maximum atomic E-state index is 13.9. The molecule has 16 heavy (non-hydrogen) atoms. The molecule has 0 N–H and O–H groups in total. The molecule has 0 amide bonds. The summed E-state index contributed by atoms with van der Waals surface area (Å²) >= 11 is 0. The molecular weight excluding hydrogens is 211 g/mol. The van der Waals surface area contributed by atoms with Crippen LogP contribution >= 0.6 is 0 Å². The van der Waals surface area contributed by atoms with Crippen molar-refractivity contribution < 1.29 is 18.7 Å². The number of methoxy groups -OCH3 is 1. The van der Waals surface area contributed by atoms with E-state index in [1.54, 1.807) is 6.07 Å². The molecule has 0 radical (unpaired) electrons. The number of ether oxygens (including phenoxy) is 2. The van der Waals surface area contributed by atoms with Crippen LogP contribution in [0.1, 0.15) is 29.8 Å². The smallest absolute Gasteiger partial charge is 0.340 e. The molecule has 0 saturated heterocycles. The normalized spacial score (nSPS) is 16.5. The molecule has 2 rings (SSSR count). The van der Waals surface area contributed by atoms with Crippen molar-refractivity contribution in [1.82, 2.24) is 0 Å². The second-order valence-electron chi connectivity index (χ2n) is 4.47. The highest BCUT2D eigenvalue weighted by molar-refractivity contribution is 5.90. The van der Waals surface area contributed by atoms with Crippen LogP contribution in [0, 0.1) is 5.82 Å². The molecule has 0 unspecified atom stereocenters. The third-order valence-electron chi connectivity index (χ3n) is 2.81. The van der Waals surface area contributed by atoms with Gasteiger partial charge >= 0.3 is 5.97 Å². The van der Waals surface area contributed by atoms with Gasteiger partial charge in [0.2, 0.25) is 0 Å². The second-order valence-corrected chi connectivity index (χ2v) is 4.47. The Labute approximate surface area is 93.2 Å². The predicted octanol–water partition coefficient (Wildman–Crippen LogP) is 2.28.